The molecule has 1 aliphatic rings. The minimum atomic E-state index is 1.21. The Kier molecular flexibility index (Phi) is 3.14. The zero-order valence-electron chi connectivity index (χ0n) is 9.71. The van der Waals surface area contributed by atoms with Gasteiger partial charge in [0.25, 0.3) is 0 Å². The molecule has 0 unspecified atom stereocenters. The van der Waals surface area contributed by atoms with Crippen LogP contribution in [-0.2, 0) is 0 Å². The summed E-state index contributed by atoms with van der Waals surface area (Å²) in [6.07, 6.45) is 4.05. The fraction of sp³-hybridized carbons (Fsp3) is 0.538. The lowest BCUT2D eigenvalue weighted by Gasteiger charge is -2.30. The molecule has 0 spiro atoms. The number of nitrogens with one attached hydrogen (secondary N) is 1. The Hall–Kier alpha value is -1.18. The first kappa shape index (κ1) is 10.3. The average molecular weight is 204 g/mol. The van der Waals surface area contributed by atoms with Gasteiger partial charge in [-0.15, -0.1) is 0 Å². The van der Waals surface area contributed by atoms with E-state index in [1.807, 2.05) is 7.05 Å². The quantitative estimate of drug-likeness (QED) is 0.796. The van der Waals surface area contributed by atoms with E-state index < -0.39 is 0 Å². The van der Waals surface area contributed by atoms with Crippen molar-refractivity contribution in [3.8, 4) is 0 Å². The molecule has 0 aliphatic carbocycles. The number of nitrogens with zero attached hydrogens (tertiary/aromatic N) is 1. The fourth-order valence-corrected chi connectivity index (χ4v) is 2.25. The summed E-state index contributed by atoms with van der Waals surface area (Å²) in [6, 6.07) is 6.63. The van der Waals surface area contributed by atoms with Crippen LogP contribution < -0.4 is 10.2 Å². The van der Waals surface area contributed by atoms with Gasteiger partial charge in [-0.2, -0.15) is 0 Å². The molecule has 2 heteroatoms. The molecule has 1 heterocycles. The average Bonchev–Trinajstić information content (AvgIpc) is 2.30. The van der Waals surface area contributed by atoms with Gasteiger partial charge in [0.2, 0.25) is 0 Å². The second-order valence-corrected chi connectivity index (χ2v) is 4.32. The van der Waals surface area contributed by atoms with Crippen molar-refractivity contribution in [3.05, 3.63) is 23.8 Å². The molecular formula is C13H20N2. The summed E-state index contributed by atoms with van der Waals surface area (Å²) in [5.74, 6) is 0. The molecule has 1 aromatic carbocycles. The van der Waals surface area contributed by atoms with Crippen molar-refractivity contribution in [2.24, 2.45) is 0 Å². The van der Waals surface area contributed by atoms with E-state index in [1.165, 1.54) is 49.3 Å². The Balaban J connectivity index is 2.27. The Morgan fingerprint density at radius 2 is 1.87 bits per heavy atom. The minimum absolute atomic E-state index is 1.21. The number of anilines is 2. The SMILES string of the molecule is CNc1ccc(C)cc1N1CCCCC1. The molecule has 1 aliphatic heterocycles. The van der Waals surface area contributed by atoms with Crippen LogP contribution in [0.4, 0.5) is 11.4 Å². The second-order valence-electron chi connectivity index (χ2n) is 4.32. The van der Waals surface area contributed by atoms with Crippen LogP contribution in [-0.4, -0.2) is 20.1 Å². The molecule has 0 aromatic heterocycles. The standard InChI is InChI=1S/C13H20N2/c1-11-6-7-12(14-2)13(10-11)15-8-4-3-5-9-15/h6-7,10,14H,3-5,8-9H2,1-2H3. The topological polar surface area (TPSA) is 15.3 Å². The first-order valence-corrected chi connectivity index (χ1v) is 5.84. The highest BCUT2D eigenvalue weighted by atomic mass is 15.1. The predicted octanol–water partition coefficient (Wildman–Crippen LogP) is 3.03. The van der Waals surface area contributed by atoms with Crippen LogP contribution in [0.15, 0.2) is 18.2 Å². The van der Waals surface area contributed by atoms with Crippen LogP contribution in [0.5, 0.6) is 0 Å². The molecule has 0 amide bonds. The molecular weight excluding hydrogens is 184 g/mol. The molecule has 1 saturated heterocycles. The van der Waals surface area contributed by atoms with Crippen LogP contribution >= 0.6 is 0 Å². The Morgan fingerprint density at radius 3 is 2.53 bits per heavy atom. The number of aryl methyl sites for hydroxylation is 1. The van der Waals surface area contributed by atoms with Crippen molar-refractivity contribution in [2.45, 2.75) is 26.2 Å². The van der Waals surface area contributed by atoms with Gasteiger partial charge in [0.05, 0.1) is 11.4 Å². The first-order valence-electron chi connectivity index (χ1n) is 5.84. The third-order valence-electron chi connectivity index (χ3n) is 3.12. The van der Waals surface area contributed by atoms with Crippen LogP contribution in [0.2, 0.25) is 0 Å². The highest BCUT2D eigenvalue weighted by Gasteiger charge is 2.13. The Morgan fingerprint density at radius 1 is 1.13 bits per heavy atom. The molecule has 82 valence electrons. The van der Waals surface area contributed by atoms with Crippen molar-refractivity contribution in [1.82, 2.24) is 0 Å². The summed E-state index contributed by atoms with van der Waals surface area (Å²) in [5.41, 5.74) is 3.97. The lowest BCUT2D eigenvalue weighted by Crippen LogP contribution is -2.30. The van der Waals surface area contributed by atoms with Gasteiger partial charge in [0.1, 0.15) is 0 Å². The normalized spacial score (nSPS) is 16.5. The van der Waals surface area contributed by atoms with E-state index in [0.29, 0.717) is 0 Å². The van der Waals surface area contributed by atoms with E-state index in [2.05, 4.69) is 35.3 Å². The first-order chi connectivity index (χ1) is 7.31. The third kappa shape index (κ3) is 2.25. The molecule has 1 fully saturated rings. The maximum atomic E-state index is 3.28. The molecule has 0 saturated carbocycles. The van der Waals surface area contributed by atoms with Crippen molar-refractivity contribution >= 4 is 11.4 Å². The molecule has 0 atom stereocenters. The number of rotatable bonds is 2. The molecule has 0 radical (unpaired) electrons. The smallest absolute Gasteiger partial charge is 0.0604 e. The number of hydrogen-bond donors (Lipinski definition) is 1. The van der Waals surface area contributed by atoms with Crippen LogP contribution in [0, 0.1) is 6.92 Å². The lowest BCUT2D eigenvalue weighted by molar-refractivity contribution is 0.578. The maximum Gasteiger partial charge on any atom is 0.0604 e. The van der Waals surface area contributed by atoms with Gasteiger partial charge in [-0.05, 0) is 43.9 Å². The summed E-state index contributed by atoms with van der Waals surface area (Å²) in [7, 11) is 2.00. The monoisotopic (exact) mass is 204 g/mol. The summed E-state index contributed by atoms with van der Waals surface area (Å²) in [6.45, 7) is 4.57. The molecule has 1 aromatic rings. The zero-order chi connectivity index (χ0) is 10.7. The maximum absolute atomic E-state index is 3.28. The summed E-state index contributed by atoms with van der Waals surface area (Å²) >= 11 is 0. The second kappa shape index (κ2) is 4.56. The predicted molar refractivity (Wildman–Crippen MR) is 66.8 cm³/mol. The van der Waals surface area contributed by atoms with Crippen molar-refractivity contribution in [2.75, 3.05) is 30.4 Å². The minimum Gasteiger partial charge on any atom is -0.386 e. The van der Waals surface area contributed by atoms with E-state index in [0.717, 1.165) is 0 Å². The van der Waals surface area contributed by atoms with Gasteiger partial charge in [-0.3, -0.25) is 0 Å². The zero-order valence-corrected chi connectivity index (χ0v) is 9.71. The van der Waals surface area contributed by atoms with Gasteiger partial charge in [-0.1, -0.05) is 6.07 Å². The fourth-order valence-electron chi connectivity index (χ4n) is 2.25. The van der Waals surface area contributed by atoms with Crippen LogP contribution in [0.3, 0.4) is 0 Å². The highest BCUT2D eigenvalue weighted by Crippen LogP contribution is 2.29. The number of piperidine rings is 1. The highest BCUT2D eigenvalue weighted by molar-refractivity contribution is 5.70. The summed E-state index contributed by atoms with van der Waals surface area (Å²) in [5, 5.41) is 3.28. The lowest BCUT2D eigenvalue weighted by atomic mass is 10.1. The van der Waals surface area contributed by atoms with Gasteiger partial charge >= 0.3 is 0 Å². The molecule has 2 rings (SSSR count). The molecule has 1 N–H and O–H groups in total. The summed E-state index contributed by atoms with van der Waals surface area (Å²) in [4.78, 5) is 2.50. The summed E-state index contributed by atoms with van der Waals surface area (Å²) < 4.78 is 0. The van der Waals surface area contributed by atoms with Crippen LogP contribution in [0.1, 0.15) is 24.8 Å². The van der Waals surface area contributed by atoms with E-state index in [4.69, 9.17) is 0 Å². The van der Waals surface area contributed by atoms with Crippen LogP contribution in [0.25, 0.3) is 0 Å². The van der Waals surface area contributed by atoms with Crippen molar-refractivity contribution < 1.29 is 0 Å². The van der Waals surface area contributed by atoms with E-state index >= 15 is 0 Å². The molecule has 15 heavy (non-hydrogen) atoms. The van der Waals surface area contributed by atoms with E-state index in [9.17, 15) is 0 Å². The number of hydrogen-bond acceptors (Lipinski definition) is 2. The van der Waals surface area contributed by atoms with E-state index in [1.54, 1.807) is 0 Å². The largest absolute Gasteiger partial charge is 0.386 e. The number of benzene rings is 1. The van der Waals surface area contributed by atoms with Crippen molar-refractivity contribution in [1.29, 1.82) is 0 Å². The molecule has 0 bridgehead atoms. The van der Waals surface area contributed by atoms with Gasteiger partial charge in [0.15, 0.2) is 0 Å². The van der Waals surface area contributed by atoms with E-state index in [-0.39, 0.29) is 0 Å². The molecule has 2 nitrogen and oxygen atoms in total. The van der Waals surface area contributed by atoms with Gasteiger partial charge in [-0.25, -0.2) is 0 Å². The van der Waals surface area contributed by atoms with Crippen molar-refractivity contribution in [3.63, 3.8) is 0 Å². The van der Waals surface area contributed by atoms with Gasteiger partial charge in [0, 0.05) is 20.1 Å². The Bertz CT molecular complexity index is 327. The third-order valence-corrected chi connectivity index (χ3v) is 3.12. The van der Waals surface area contributed by atoms with Gasteiger partial charge < -0.3 is 10.2 Å². The Labute approximate surface area is 92.3 Å².